The van der Waals surface area contributed by atoms with Gasteiger partial charge in [0.2, 0.25) is 18.6 Å². The number of benzene rings is 2. The minimum atomic E-state index is -3.92. The molecule has 1 fully saturated rings. The molecule has 0 aliphatic carbocycles. The molecule has 1 saturated heterocycles. The van der Waals surface area contributed by atoms with Crippen LogP contribution in [-0.2, 0) is 24.2 Å². The van der Waals surface area contributed by atoms with Gasteiger partial charge >= 0.3 is 0 Å². The second kappa shape index (κ2) is 8.10. The van der Waals surface area contributed by atoms with E-state index in [1.165, 1.54) is 11.0 Å². The van der Waals surface area contributed by atoms with Crippen molar-refractivity contribution in [1.82, 2.24) is 4.90 Å². The quantitative estimate of drug-likeness (QED) is 0.687. The SMILES string of the molecule is O=C(CN1C(=O)CC(c2ccc3c(c2)OCO3)S(=O)(=O)c2ccccc21)N1CCOCC1. The summed E-state index contributed by atoms with van der Waals surface area (Å²) in [6, 6.07) is 11.2. The molecule has 9 nitrogen and oxygen atoms in total. The number of hydrogen-bond acceptors (Lipinski definition) is 7. The van der Waals surface area contributed by atoms with Gasteiger partial charge in [0.25, 0.3) is 0 Å². The number of anilines is 1. The molecule has 1 atom stereocenters. The summed E-state index contributed by atoms with van der Waals surface area (Å²) in [5, 5.41) is -1.10. The molecular formula is C22H22N2O7S. The van der Waals surface area contributed by atoms with E-state index < -0.39 is 21.0 Å². The van der Waals surface area contributed by atoms with Crippen LogP contribution in [-0.4, -0.2) is 64.8 Å². The number of fused-ring (bicyclic) bond motifs is 2. The first kappa shape index (κ1) is 20.8. The highest BCUT2D eigenvalue weighted by atomic mass is 32.2. The van der Waals surface area contributed by atoms with Crippen molar-refractivity contribution in [3.8, 4) is 11.5 Å². The van der Waals surface area contributed by atoms with Crippen molar-refractivity contribution in [2.45, 2.75) is 16.6 Å². The average Bonchev–Trinajstić information content (AvgIpc) is 3.26. The van der Waals surface area contributed by atoms with Crippen molar-refractivity contribution in [3.05, 3.63) is 48.0 Å². The van der Waals surface area contributed by atoms with Crippen LogP contribution < -0.4 is 14.4 Å². The van der Waals surface area contributed by atoms with Crippen LogP contribution in [0.4, 0.5) is 5.69 Å². The van der Waals surface area contributed by atoms with Gasteiger partial charge in [-0.25, -0.2) is 8.42 Å². The highest BCUT2D eigenvalue weighted by Crippen LogP contribution is 2.43. The maximum atomic E-state index is 13.6. The summed E-state index contributed by atoms with van der Waals surface area (Å²) in [4.78, 5) is 29.1. The van der Waals surface area contributed by atoms with E-state index in [1.807, 2.05) is 0 Å². The largest absolute Gasteiger partial charge is 0.454 e. The summed E-state index contributed by atoms with van der Waals surface area (Å²) in [5.41, 5.74) is 0.668. The number of carbonyl (C=O) groups is 2. The molecule has 10 heteroatoms. The fourth-order valence-electron chi connectivity index (χ4n) is 4.22. The van der Waals surface area contributed by atoms with Gasteiger partial charge in [0.05, 0.1) is 29.0 Å². The first-order chi connectivity index (χ1) is 15.4. The molecule has 0 bridgehead atoms. The molecule has 3 aliphatic rings. The van der Waals surface area contributed by atoms with E-state index in [4.69, 9.17) is 14.2 Å². The second-order valence-electron chi connectivity index (χ2n) is 7.79. The van der Waals surface area contributed by atoms with Gasteiger partial charge in [-0.05, 0) is 29.8 Å². The fraction of sp³-hybridized carbons (Fsp3) is 0.364. The monoisotopic (exact) mass is 458 g/mol. The van der Waals surface area contributed by atoms with E-state index in [2.05, 4.69) is 0 Å². The van der Waals surface area contributed by atoms with Crippen LogP contribution in [0.1, 0.15) is 17.2 Å². The standard InChI is InChI=1S/C22H22N2O7S/c25-21-12-20(15-5-6-17-18(11-15)31-14-30-17)32(27,28)19-4-2-1-3-16(19)24(21)13-22(26)23-7-9-29-10-8-23/h1-6,11,20H,7-10,12-14H2. The lowest BCUT2D eigenvalue weighted by atomic mass is 10.1. The Morgan fingerprint density at radius 3 is 2.59 bits per heavy atom. The summed E-state index contributed by atoms with van der Waals surface area (Å²) in [6.45, 7) is 1.61. The van der Waals surface area contributed by atoms with Gasteiger partial charge in [-0.3, -0.25) is 9.59 Å². The molecule has 1 unspecified atom stereocenters. The van der Waals surface area contributed by atoms with E-state index in [9.17, 15) is 18.0 Å². The Kier molecular flexibility index (Phi) is 5.26. The Morgan fingerprint density at radius 1 is 1.03 bits per heavy atom. The van der Waals surface area contributed by atoms with Crippen molar-refractivity contribution in [2.75, 3.05) is 44.5 Å². The average molecular weight is 458 g/mol. The van der Waals surface area contributed by atoms with Gasteiger partial charge in [-0.1, -0.05) is 18.2 Å². The third kappa shape index (κ3) is 3.59. The number of rotatable bonds is 3. The van der Waals surface area contributed by atoms with Crippen LogP contribution in [0.5, 0.6) is 11.5 Å². The van der Waals surface area contributed by atoms with Crippen molar-refractivity contribution in [1.29, 1.82) is 0 Å². The predicted octanol–water partition coefficient (Wildman–Crippen LogP) is 1.53. The summed E-state index contributed by atoms with van der Waals surface area (Å²) in [5.74, 6) is 0.310. The van der Waals surface area contributed by atoms with E-state index in [0.29, 0.717) is 43.4 Å². The van der Waals surface area contributed by atoms with Gasteiger partial charge < -0.3 is 24.0 Å². The smallest absolute Gasteiger partial charge is 0.242 e. The molecular weight excluding hydrogens is 436 g/mol. The van der Waals surface area contributed by atoms with Crippen LogP contribution in [0, 0.1) is 0 Å². The molecule has 5 rings (SSSR count). The summed E-state index contributed by atoms with van der Waals surface area (Å²) in [6.07, 6.45) is -0.285. The van der Waals surface area contributed by atoms with Crippen LogP contribution >= 0.6 is 0 Å². The zero-order valence-electron chi connectivity index (χ0n) is 17.2. The number of carbonyl (C=O) groups excluding carboxylic acids is 2. The maximum Gasteiger partial charge on any atom is 0.242 e. The zero-order valence-corrected chi connectivity index (χ0v) is 18.0. The van der Waals surface area contributed by atoms with E-state index in [1.54, 1.807) is 41.3 Å². The number of sulfone groups is 1. The third-order valence-corrected chi connectivity index (χ3v) is 8.07. The third-order valence-electron chi connectivity index (χ3n) is 5.92. The normalized spacial score (nSPS) is 21.8. The van der Waals surface area contributed by atoms with Crippen molar-refractivity contribution < 1.29 is 32.2 Å². The Morgan fingerprint density at radius 2 is 1.78 bits per heavy atom. The second-order valence-corrected chi connectivity index (χ2v) is 9.89. The van der Waals surface area contributed by atoms with Crippen LogP contribution in [0.2, 0.25) is 0 Å². The van der Waals surface area contributed by atoms with Gasteiger partial charge in [0, 0.05) is 19.5 Å². The van der Waals surface area contributed by atoms with E-state index in [0.717, 1.165) is 0 Å². The molecule has 0 N–H and O–H groups in total. The first-order valence-electron chi connectivity index (χ1n) is 10.3. The number of amides is 2. The van der Waals surface area contributed by atoms with Crippen LogP contribution in [0.15, 0.2) is 47.4 Å². The summed E-state index contributed by atoms with van der Waals surface area (Å²) >= 11 is 0. The number of nitrogens with zero attached hydrogens (tertiary/aromatic N) is 2. The molecule has 0 spiro atoms. The lowest BCUT2D eigenvalue weighted by Crippen LogP contribution is -2.47. The number of morpholine rings is 1. The number of para-hydroxylation sites is 1. The molecule has 2 aromatic rings. The zero-order chi connectivity index (χ0) is 22.3. The van der Waals surface area contributed by atoms with Gasteiger partial charge in [0.1, 0.15) is 6.54 Å². The fourth-order valence-corrected chi connectivity index (χ4v) is 6.13. The number of hydrogen-bond donors (Lipinski definition) is 0. The first-order valence-corrected chi connectivity index (χ1v) is 11.9. The maximum absolute atomic E-state index is 13.6. The Hall–Kier alpha value is -3.11. The Bertz CT molecular complexity index is 1170. The van der Waals surface area contributed by atoms with E-state index in [-0.39, 0.29) is 36.2 Å². The Balaban J connectivity index is 1.52. The lowest BCUT2D eigenvalue weighted by Gasteiger charge is -2.30. The molecule has 3 heterocycles. The van der Waals surface area contributed by atoms with Crippen molar-refractivity contribution in [3.63, 3.8) is 0 Å². The summed E-state index contributed by atoms with van der Waals surface area (Å²) in [7, 11) is -3.92. The topological polar surface area (TPSA) is 102 Å². The highest BCUT2D eigenvalue weighted by molar-refractivity contribution is 7.92. The molecule has 2 amide bonds. The molecule has 32 heavy (non-hydrogen) atoms. The van der Waals surface area contributed by atoms with Crippen molar-refractivity contribution >= 4 is 27.3 Å². The van der Waals surface area contributed by atoms with Crippen LogP contribution in [0.25, 0.3) is 0 Å². The molecule has 2 aromatic carbocycles. The van der Waals surface area contributed by atoms with Crippen molar-refractivity contribution in [2.24, 2.45) is 0 Å². The van der Waals surface area contributed by atoms with Gasteiger partial charge in [-0.2, -0.15) is 0 Å². The predicted molar refractivity (Wildman–Crippen MR) is 113 cm³/mol. The molecule has 0 aromatic heterocycles. The number of ether oxygens (including phenoxy) is 3. The molecule has 0 saturated carbocycles. The molecule has 168 valence electrons. The molecule has 0 radical (unpaired) electrons. The lowest BCUT2D eigenvalue weighted by molar-refractivity contribution is -0.135. The highest BCUT2D eigenvalue weighted by Gasteiger charge is 2.40. The van der Waals surface area contributed by atoms with Crippen LogP contribution in [0.3, 0.4) is 0 Å². The van der Waals surface area contributed by atoms with Gasteiger partial charge in [0.15, 0.2) is 21.3 Å². The van der Waals surface area contributed by atoms with E-state index >= 15 is 0 Å². The van der Waals surface area contributed by atoms with Gasteiger partial charge in [-0.15, -0.1) is 0 Å². The minimum absolute atomic E-state index is 0.0308. The minimum Gasteiger partial charge on any atom is -0.454 e. The summed E-state index contributed by atoms with van der Waals surface area (Å²) < 4.78 is 43.3. The molecule has 3 aliphatic heterocycles. The Labute approximate surface area is 185 Å².